The molecule has 0 spiro atoms. The second-order valence-corrected chi connectivity index (χ2v) is 7.34. The van der Waals surface area contributed by atoms with Crippen LogP contribution >= 0.6 is 0 Å². The third-order valence-corrected chi connectivity index (χ3v) is 4.91. The third kappa shape index (κ3) is 4.08. The predicted molar refractivity (Wildman–Crippen MR) is 92.7 cm³/mol. The Morgan fingerprint density at radius 2 is 1.80 bits per heavy atom. The van der Waals surface area contributed by atoms with E-state index in [4.69, 9.17) is 8.92 Å². The predicted octanol–water partition coefficient (Wildman–Crippen LogP) is 3.80. The van der Waals surface area contributed by atoms with Crippen LogP contribution in [0.25, 0.3) is 0 Å². The van der Waals surface area contributed by atoms with Gasteiger partial charge in [0.1, 0.15) is 11.5 Å². The van der Waals surface area contributed by atoms with Crippen LogP contribution in [0.5, 0.6) is 11.5 Å². The number of methoxy groups -OCH3 is 1. The van der Waals surface area contributed by atoms with Crippen molar-refractivity contribution in [2.45, 2.75) is 31.6 Å². The standard InChI is InChI=1S/C17H19NO6S/c1-11(2)14-7-5-12(3)9-16(14)24-25(21,22)17-8-6-13(23-4)10-15(17)18(19)20/h5-11H,1-4H3. The van der Waals surface area contributed by atoms with Crippen molar-refractivity contribution in [1.29, 1.82) is 0 Å². The van der Waals surface area contributed by atoms with Crippen LogP contribution in [0.15, 0.2) is 41.3 Å². The van der Waals surface area contributed by atoms with Crippen molar-refractivity contribution in [3.63, 3.8) is 0 Å². The monoisotopic (exact) mass is 365 g/mol. The first kappa shape index (κ1) is 18.7. The van der Waals surface area contributed by atoms with Crippen LogP contribution < -0.4 is 8.92 Å². The summed E-state index contributed by atoms with van der Waals surface area (Å²) in [7, 11) is -3.05. The van der Waals surface area contributed by atoms with Gasteiger partial charge < -0.3 is 8.92 Å². The van der Waals surface area contributed by atoms with Gasteiger partial charge in [-0.2, -0.15) is 8.42 Å². The van der Waals surface area contributed by atoms with E-state index in [1.165, 1.54) is 13.2 Å². The summed E-state index contributed by atoms with van der Waals surface area (Å²) in [6.45, 7) is 5.61. The van der Waals surface area contributed by atoms with Gasteiger partial charge in [-0.15, -0.1) is 0 Å². The van der Waals surface area contributed by atoms with Crippen LogP contribution in [-0.4, -0.2) is 20.5 Å². The lowest BCUT2D eigenvalue weighted by Crippen LogP contribution is -2.13. The fraction of sp³-hybridized carbons (Fsp3) is 0.294. The van der Waals surface area contributed by atoms with E-state index in [2.05, 4.69) is 0 Å². The second-order valence-electron chi connectivity index (χ2n) is 5.82. The second kappa shape index (κ2) is 7.10. The highest BCUT2D eigenvalue weighted by Crippen LogP contribution is 2.33. The van der Waals surface area contributed by atoms with Crippen molar-refractivity contribution in [2.24, 2.45) is 0 Å². The Hall–Kier alpha value is -2.61. The molecule has 25 heavy (non-hydrogen) atoms. The number of nitro benzene ring substituents is 1. The Bertz CT molecular complexity index is 905. The summed E-state index contributed by atoms with van der Waals surface area (Å²) in [5.41, 5.74) is 0.919. The van der Waals surface area contributed by atoms with Gasteiger partial charge in [0.15, 0.2) is 4.90 Å². The molecule has 0 aliphatic heterocycles. The minimum atomic E-state index is -4.38. The van der Waals surface area contributed by atoms with Crippen molar-refractivity contribution in [2.75, 3.05) is 7.11 Å². The molecule has 2 rings (SSSR count). The van der Waals surface area contributed by atoms with Gasteiger partial charge in [0.25, 0.3) is 5.69 Å². The van der Waals surface area contributed by atoms with E-state index >= 15 is 0 Å². The Morgan fingerprint density at radius 1 is 1.12 bits per heavy atom. The summed E-state index contributed by atoms with van der Waals surface area (Å²) in [6.07, 6.45) is 0. The molecule has 0 heterocycles. The maximum Gasteiger partial charge on any atom is 0.346 e. The van der Waals surface area contributed by atoms with Gasteiger partial charge in [0.05, 0.1) is 18.1 Å². The molecule has 0 saturated heterocycles. The molecular weight excluding hydrogens is 346 g/mol. The van der Waals surface area contributed by atoms with Crippen LogP contribution in [0, 0.1) is 17.0 Å². The van der Waals surface area contributed by atoms with E-state index in [1.807, 2.05) is 19.9 Å². The van der Waals surface area contributed by atoms with Crippen molar-refractivity contribution in [3.8, 4) is 11.5 Å². The molecule has 134 valence electrons. The van der Waals surface area contributed by atoms with Crippen LogP contribution in [0.1, 0.15) is 30.9 Å². The van der Waals surface area contributed by atoms with Gasteiger partial charge in [0, 0.05) is 0 Å². The molecule has 8 heteroatoms. The summed E-state index contributed by atoms with van der Waals surface area (Å²) in [5.74, 6) is 0.376. The highest BCUT2D eigenvalue weighted by Gasteiger charge is 2.29. The average Bonchev–Trinajstić information content (AvgIpc) is 2.53. The molecule has 0 fully saturated rings. The lowest BCUT2D eigenvalue weighted by atomic mass is 10.0. The molecule has 0 saturated carbocycles. The highest BCUT2D eigenvalue weighted by molar-refractivity contribution is 7.87. The molecule has 0 aliphatic rings. The number of ether oxygens (including phenoxy) is 1. The van der Waals surface area contributed by atoms with Crippen LogP contribution in [0.4, 0.5) is 5.69 Å². The molecule has 2 aromatic rings. The van der Waals surface area contributed by atoms with Crippen molar-refractivity contribution in [3.05, 3.63) is 57.6 Å². The molecule has 0 aliphatic carbocycles. The SMILES string of the molecule is COc1ccc(S(=O)(=O)Oc2cc(C)ccc2C(C)C)c([N+](=O)[O-])c1. The molecule has 0 N–H and O–H groups in total. The first-order valence-corrected chi connectivity index (χ1v) is 8.94. The van der Waals surface area contributed by atoms with Crippen LogP contribution in [-0.2, 0) is 10.1 Å². The Balaban J connectivity index is 2.54. The number of nitrogens with zero attached hydrogens (tertiary/aromatic N) is 1. The summed E-state index contributed by atoms with van der Waals surface area (Å²) in [5, 5.41) is 11.2. The maximum absolute atomic E-state index is 12.6. The van der Waals surface area contributed by atoms with Gasteiger partial charge in [-0.1, -0.05) is 26.0 Å². The average molecular weight is 365 g/mol. The molecule has 0 atom stereocenters. The zero-order valence-corrected chi connectivity index (χ0v) is 15.2. The molecule has 0 amide bonds. The van der Waals surface area contributed by atoms with Crippen LogP contribution in [0.2, 0.25) is 0 Å². The van der Waals surface area contributed by atoms with E-state index in [0.717, 1.165) is 17.7 Å². The number of benzene rings is 2. The first-order chi connectivity index (χ1) is 11.7. The lowest BCUT2D eigenvalue weighted by Gasteiger charge is -2.15. The van der Waals surface area contributed by atoms with Gasteiger partial charge in [-0.25, -0.2) is 0 Å². The van der Waals surface area contributed by atoms with Crippen molar-refractivity contribution < 1.29 is 22.3 Å². The zero-order chi connectivity index (χ0) is 18.8. The number of rotatable bonds is 6. The fourth-order valence-corrected chi connectivity index (χ4v) is 3.43. The summed E-state index contributed by atoms with van der Waals surface area (Å²) >= 11 is 0. The summed E-state index contributed by atoms with van der Waals surface area (Å²) in [6, 6.07) is 8.73. The van der Waals surface area contributed by atoms with E-state index in [1.54, 1.807) is 19.1 Å². The zero-order valence-electron chi connectivity index (χ0n) is 14.3. The van der Waals surface area contributed by atoms with E-state index in [9.17, 15) is 18.5 Å². The minimum Gasteiger partial charge on any atom is -0.497 e. The largest absolute Gasteiger partial charge is 0.497 e. The molecule has 0 radical (unpaired) electrons. The van der Waals surface area contributed by atoms with Crippen LogP contribution in [0.3, 0.4) is 0 Å². The molecule has 7 nitrogen and oxygen atoms in total. The number of hydrogen-bond acceptors (Lipinski definition) is 6. The van der Waals surface area contributed by atoms with Gasteiger partial charge in [-0.3, -0.25) is 10.1 Å². The van der Waals surface area contributed by atoms with Gasteiger partial charge >= 0.3 is 10.1 Å². The maximum atomic E-state index is 12.6. The number of aryl methyl sites for hydroxylation is 1. The molecule has 0 unspecified atom stereocenters. The number of hydrogen-bond donors (Lipinski definition) is 0. The normalized spacial score (nSPS) is 11.4. The Labute approximate surface area is 146 Å². The summed E-state index contributed by atoms with van der Waals surface area (Å²) < 4.78 is 35.5. The smallest absolute Gasteiger partial charge is 0.346 e. The van der Waals surface area contributed by atoms with Crippen molar-refractivity contribution in [1.82, 2.24) is 0 Å². The minimum absolute atomic E-state index is 0.0247. The third-order valence-electron chi connectivity index (χ3n) is 3.62. The topological polar surface area (TPSA) is 95.7 Å². The Morgan fingerprint density at radius 3 is 2.36 bits per heavy atom. The van der Waals surface area contributed by atoms with E-state index < -0.39 is 25.6 Å². The summed E-state index contributed by atoms with van der Waals surface area (Å²) in [4.78, 5) is 9.95. The molecular formula is C17H19NO6S. The lowest BCUT2D eigenvalue weighted by molar-refractivity contribution is -0.388. The van der Waals surface area contributed by atoms with Gasteiger partial charge in [-0.05, 0) is 42.2 Å². The molecule has 0 bridgehead atoms. The van der Waals surface area contributed by atoms with Gasteiger partial charge in [0.2, 0.25) is 0 Å². The first-order valence-electron chi connectivity index (χ1n) is 7.53. The number of nitro groups is 1. The highest BCUT2D eigenvalue weighted by atomic mass is 32.2. The Kier molecular flexibility index (Phi) is 5.32. The fourth-order valence-electron chi connectivity index (χ4n) is 2.33. The quantitative estimate of drug-likeness (QED) is 0.439. The molecule has 2 aromatic carbocycles. The van der Waals surface area contributed by atoms with E-state index in [-0.39, 0.29) is 17.4 Å². The van der Waals surface area contributed by atoms with Crippen molar-refractivity contribution >= 4 is 15.8 Å². The molecule has 0 aromatic heterocycles. The van der Waals surface area contributed by atoms with E-state index in [0.29, 0.717) is 5.56 Å².